The average Bonchev–Trinajstić information content (AvgIpc) is 3.21. The van der Waals surface area contributed by atoms with Crippen molar-refractivity contribution in [1.82, 2.24) is 9.97 Å². The van der Waals surface area contributed by atoms with E-state index in [1.54, 1.807) is 12.4 Å². The van der Waals surface area contributed by atoms with Crippen LogP contribution in [0.1, 0.15) is 41.8 Å². The van der Waals surface area contributed by atoms with Gasteiger partial charge in [-0.1, -0.05) is 6.07 Å². The molecule has 3 N–H and O–H groups in total. The standard InChI is InChI=1S/C23H25N3O3S/c1-14-7-10-24-20(11-14)26-18-4-3-17(12-15(18)2)19-13-25-22(30-19)23(29)8-5-16(6-9-23)21(27)28/h3-4,7,10-13,16,29H,5-6,8-9H2,1-2H3,(H,24,26)(H,27,28)/t16-,23-. The van der Waals surface area contributed by atoms with Crippen LogP contribution in [0.25, 0.3) is 10.4 Å². The average molecular weight is 424 g/mol. The van der Waals surface area contributed by atoms with Crippen LogP contribution in [0.2, 0.25) is 0 Å². The number of carbonyl (C=O) groups is 1. The third-order valence-corrected chi connectivity index (χ3v) is 6.99. The minimum Gasteiger partial charge on any atom is -0.481 e. The van der Waals surface area contributed by atoms with Crippen LogP contribution in [0.4, 0.5) is 11.5 Å². The van der Waals surface area contributed by atoms with Crippen molar-refractivity contribution in [2.45, 2.75) is 45.1 Å². The molecular weight excluding hydrogens is 398 g/mol. The minimum absolute atomic E-state index is 0.365. The molecule has 2 aromatic heterocycles. The zero-order valence-corrected chi connectivity index (χ0v) is 17.9. The SMILES string of the molecule is Cc1ccnc(Nc2ccc(-c3cnc([C@]4(O)CC[C@H](C(=O)O)CC4)s3)cc2C)c1. The second-order valence-corrected chi connectivity index (χ2v) is 9.08. The Kier molecular flexibility index (Phi) is 5.58. The molecule has 0 aliphatic heterocycles. The second-order valence-electron chi connectivity index (χ2n) is 8.05. The largest absolute Gasteiger partial charge is 0.481 e. The number of aryl methyl sites for hydroxylation is 2. The fraction of sp³-hybridized carbons (Fsp3) is 0.348. The lowest BCUT2D eigenvalue weighted by molar-refractivity contribution is -0.145. The van der Waals surface area contributed by atoms with E-state index in [2.05, 4.69) is 21.4 Å². The van der Waals surface area contributed by atoms with E-state index in [4.69, 9.17) is 0 Å². The van der Waals surface area contributed by atoms with Gasteiger partial charge in [-0.2, -0.15) is 0 Å². The Morgan fingerprint density at radius 3 is 2.60 bits per heavy atom. The molecule has 2 heterocycles. The molecule has 1 saturated carbocycles. The molecule has 0 bridgehead atoms. The number of nitrogens with one attached hydrogen (secondary N) is 1. The summed E-state index contributed by atoms with van der Waals surface area (Å²) in [6.45, 7) is 4.08. The number of anilines is 2. The molecule has 0 spiro atoms. The fourth-order valence-corrected chi connectivity index (χ4v) is 4.94. The third kappa shape index (κ3) is 4.22. The maximum Gasteiger partial charge on any atom is 0.306 e. The second kappa shape index (κ2) is 8.16. The zero-order valence-electron chi connectivity index (χ0n) is 17.1. The number of aliphatic hydroxyl groups is 1. The number of aliphatic carboxylic acids is 1. The van der Waals surface area contributed by atoms with Crippen molar-refractivity contribution in [3.8, 4) is 10.4 Å². The van der Waals surface area contributed by atoms with E-state index in [-0.39, 0.29) is 5.92 Å². The molecule has 1 fully saturated rings. The number of aromatic nitrogens is 2. The first kappa shape index (κ1) is 20.5. The maximum absolute atomic E-state index is 11.2. The van der Waals surface area contributed by atoms with Crippen molar-refractivity contribution in [3.63, 3.8) is 0 Å². The molecule has 1 aliphatic rings. The summed E-state index contributed by atoms with van der Waals surface area (Å²) in [6, 6.07) is 10.1. The van der Waals surface area contributed by atoms with Crippen LogP contribution in [-0.2, 0) is 10.4 Å². The summed E-state index contributed by atoms with van der Waals surface area (Å²) in [5, 5.41) is 24.2. The molecule has 0 amide bonds. The molecule has 0 unspecified atom stereocenters. The van der Waals surface area contributed by atoms with Gasteiger partial charge in [0.1, 0.15) is 16.4 Å². The Morgan fingerprint density at radius 1 is 1.17 bits per heavy atom. The molecule has 156 valence electrons. The first-order valence-electron chi connectivity index (χ1n) is 10.1. The maximum atomic E-state index is 11.2. The van der Waals surface area contributed by atoms with Gasteiger partial charge in [0.2, 0.25) is 0 Å². The summed E-state index contributed by atoms with van der Waals surface area (Å²) in [4.78, 5) is 21.0. The highest BCUT2D eigenvalue weighted by Gasteiger charge is 2.39. The molecule has 30 heavy (non-hydrogen) atoms. The molecule has 1 aromatic carbocycles. The van der Waals surface area contributed by atoms with Gasteiger partial charge in [-0.25, -0.2) is 9.97 Å². The number of rotatable bonds is 5. The van der Waals surface area contributed by atoms with Crippen molar-refractivity contribution in [2.75, 3.05) is 5.32 Å². The Morgan fingerprint density at radius 2 is 1.93 bits per heavy atom. The van der Waals surface area contributed by atoms with Crippen LogP contribution in [0.5, 0.6) is 0 Å². The summed E-state index contributed by atoms with van der Waals surface area (Å²) < 4.78 is 0. The van der Waals surface area contributed by atoms with Gasteiger partial charge in [0.15, 0.2) is 0 Å². The number of benzene rings is 1. The summed E-state index contributed by atoms with van der Waals surface area (Å²) >= 11 is 1.48. The lowest BCUT2D eigenvalue weighted by Crippen LogP contribution is -2.33. The highest BCUT2D eigenvalue weighted by molar-refractivity contribution is 7.15. The third-order valence-electron chi connectivity index (χ3n) is 5.75. The molecular formula is C23H25N3O3S. The zero-order chi connectivity index (χ0) is 21.3. The molecule has 7 heteroatoms. The lowest BCUT2D eigenvalue weighted by atomic mass is 9.79. The van der Waals surface area contributed by atoms with Crippen LogP contribution < -0.4 is 5.32 Å². The Balaban J connectivity index is 1.51. The predicted molar refractivity (Wildman–Crippen MR) is 118 cm³/mol. The molecule has 0 radical (unpaired) electrons. The predicted octanol–water partition coefficient (Wildman–Crippen LogP) is 5.03. The van der Waals surface area contributed by atoms with E-state index >= 15 is 0 Å². The summed E-state index contributed by atoms with van der Waals surface area (Å²) in [6.07, 6.45) is 5.41. The van der Waals surface area contributed by atoms with Crippen molar-refractivity contribution in [1.29, 1.82) is 0 Å². The van der Waals surface area contributed by atoms with E-state index in [0.29, 0.717) is 30.7 Å². The van der Waals surface area contributed by atoms with Gasteiger partial charge in [0, 0.05) is 18.1 Å². The molecule has 0 saturated heterocycles. The number of thiazole rings is 1. The number of carboxylic acid groups (broad SMARTS) is 1. The van der Waals surface area contributed by atoms with E-state index in [1.807, 2.05) is 38.1 Å². The quantitative estimate of drug-likeness (QED) is 0.533. The first-order chi connectivity index (χ1) is 14.3. The van der Waals surface area contributed by atoms with Gasteiger partial charge in [-0.05, 0) is 80.5 Å². The van der Waals surface area contributed by atoms with Crippen LogP contribution in [0.15, 0.2) is 42.7 Å². The molecule has 0 atom stereocenters. The Bertz CT molecular complexity index is 1070. The van der Waals surface area contributed by atoms with Gasteiger partial charge in [-0.15, -0.1) is 11.3 Å². The lowest BCUT2D eigenvalue weighted by Gasteiger charge is -2.32. The topological polar surface area (TPSA) is 95.3 Å². The van der Waals surface area contributed by atoms with Gasteiger partial charge in [0.25, 0.3) is 0 Å². The number of carboxylic acids is 1. The number of hydrogen-bond acceptors (Lipinski definition) is 6. The molecule has 1 aliphatic carbocycles. The first-order valence-corrected chi connectivity index (χ1v) is 10.9. The fourth-order valence-electron chi connectivity index (χ4n) is 3.88. The molecule has 4 rings (SSSR count). The Labute approximate surface area is 179 Å². The van der Waals surface area contributed by atoms with Gasteiger partial charge in [-0.3, -0.25) is 4.79 Å². The normalized spacial score (nSPS) is 21.4. The number of nitrogens with zero attached hydrogens (tertiary/aromatic N) is 2. The monoisotopic (exact) mass is 423 g/mol. The van der Waals surface area contributed by atoms with E-state index < -0.39 is 11.6 Å². The van der Waals surface area contributed by atoms with Gasteiger partial charge >= 0.3 is 5.97 Å². The van der Waals surface area contributed by atoms with Gasteiger partial charge in [0.05, 0.1) is 10.8 Å². The van der Waals surface area contributed by atoms with E-state index in [9.17, 15) is 15.0 Å². The Hall–Kier alpha value is -2.77. The smallest absolute Gasteiger partial charge is 0.306 e. The van der Waals surface area contributed by atoms with Crippen molar-refractivity contribution < 1.29 is 15.0 Å². The molecule has 3 aromatic rings. The summed E-state index contributed by atoms with van der Waals surface area (Å²) in [5.74, 6) is -0.331. The van der Waals surface area contributed by atoms with Crippen LogP contribution >= 0.6 is 11.3 Å². The number of pyridine rings is 1. The molecule has 6 nitrogen and oxygen atoms in total. The van der Waals surface area contributed by atoms with Crippen LogP contribution in [0, 0.1) is 19.8 Å². The highest BCUT2D eigenvalue weighted by Crippen LogP contribution is 2.42. The highest BCUT2D eigenvalue weighted by atomic mass is 32.1. The van der Waals surface area contributed by atoms with Crippen molar-refractivity contribution in [2.24, 2.45) is 5.92 Å². The van der Waals surface area contributed by atoms with E-state index in [0.717, 1.165) is 33.1 Å². The minimum atomic E-state index is -1.03. The number of hydrogen-bond donors (Lipinski definition) is 3. The van der Waals surface area contributed by atoms with Crippen molar-refractivity contribution in [3.05, 3.63) is 58.9 Å². The van der Waals surface area contributed by atoms with Crippen LogP contribution in [-0.4, -0.2) is 26.2 Å². The van der Waals surface area contributed by atoms with E-state index in [1.165, 1.54) is 11.3 Å². The van der Waals surface area contributed by atoms with Gasteiger partial charge < -0.3 is 15.5 Å². The van der Waals surface area contributed by atoms with Crippen LogP contribution in [0.3, 0.4) is 0 Å². The summed E-state index contributed by atoms with van der Waals surface area (Å²) in [5.41, 5.74) is 3.25. The van der Waals surface area contributed by atoms with Crippen molar-refractivity contribution >= 4 is 28.8 Å². The summed E-state index contributed by atoms with van der Waals surface area (Å²) in [7, 11) is 0.